The number of ether oxygens (including phenoxy) is 1. The molecule has 0 saturated heterocycles. The van der Waals surface area contributed by atoms with Gasteiger partial charge in [0.15, 0.2) is 11.0 Å². The Hall–Kier alpha value is -3.25. The van der Waals surface area contributed by atoms with Gasteiger partial charge in [0.2, 0.25) is 5.91 Å². The first kappa shape index (κ1) is 23.9. The zero-order valence-corrected chi connectivity index (χ0v) is 20.9. The van der Waals surface area contributed by atoms with Gasteiger partial charge in [0.1, 0.15) is 17.6 Å². The molecule has 1 saturated carbocycles. The molecule has 8 nitrogen and oxygen atoms in total. The molecule has 0 unspecified atom stereocenters. The van der Waals surface area contributed by atoms with Gasteiger partial charge in [0, 0.05) is 18.3 Å². The van der Waals surface area contributed by atoms with E-state index in [-0.39, 0.29) is 11.7 Å². The van der Waals surface area contributed by atoms with Crippen LogP contribution in [0.25, 0.3) is 11.4 Å². The van der Waals surface area contributed by atoms with Crippen LogP contribution in [0.4, 0.5) is 5.82 Å². The van der Waals surface area contributed by atoms with Crippen LogP contribution >= 0.6 is 11.8 Å². The Kier molecular flexibility index (Phi) is 7.27. The van der Waals surface area contributed by atoms with Crippen LogP contribution in [-0.2, 0) is 11.3 Å². The molecule has 0 atom stereocenters. The molecule has 1 aromatic carbocycles. The lowest BCUT2D eigenvalue weighted by atomic mass is 10.2. The maximum Gasteiger partial charge on any atom is 0.235 e. The topological polar surface area (TPSA) is 97.8 Å². The summed E-state index contributed by atoms with van der Waals surface area (Å²) in [5.41, 5.74) is 3.40. The van der Waals surface area contributed by atoms with Crippen LogP contribution < -0.4 is 10.1 Å². The fraction of sp³-hybridized carbons (Fsp3) is 0.440. The van der Waals surface area contributed by atoms with E-state index in [1.54, 1.807) is 7.11 Å². The SMILES string of the molecule is CCn1c(SCC(=O)Nc2c(C#N)c(C)c(C)n2C2CCCC2)nnc1-c1ccccc1OC. The maximum absolute atomic E-state index is 13.0. The molecule has 1 amide bonds. The summed E-state index contributed by atoms with van der Waals surface area (Å²) < 4.78 is 9.62. The molecule has 0 radical (unpaired) electrons. The Morgan fingerprint density at radius 1 is 1.26 bits per heavy atom. The summed E-state index contributed by atoms with van der Waals surface area (Å²) in [7, 11) is 1.63. The summed E-state index contributed by atoms with van der Waals surface area (Å²) in [5, 5.41) is 22.2. The van der Waals surface area contributed by atoms with Crippen molar-refractivity contribution >= 4 is 23.5 Å². The number of hydrogen-bond donors (Lipinski definition) is 1. The number of carbonyl (C=O) groups is 1. The summed E-state index contributed by atoms with van der Waals surface area (Å²) in [6, 6.07) is 10.3. The minimum Gasteiger partial charge on any atom is -0.496 e. The predicted molar refractivity (Wildman–Crippen MR) is 133 cm³/mol. The van der Waals surface area contributed by atoms with Gasteiger partial charge in [-0.05, 0) is 51.3 Å². The molecule has 1 fully saturated rings. The first-order valence-corrected chi connectivity index (χ1v) is 12.6. The minimum absolute atomic E-state index is 0.164. The van der Waals surface area contributed by atoms with Crippen LogP contribution in [-0.4, -0.2) is 38.1 Å². The number of nitrogens with one attached hydrogen (secondary N) is 1. The zero-order valence-electron chi connectivity index (χ0n) is 20.1. The number of thioether (sulfide) groups is 1. The van der Waals surface area contributed by atoms with E-state index in [1.165, 1.54) is 24.6 Å². The third-order valence-corrected chi connectivity index (χ3v) is 7.50. The van der Waals surface area contributed by atoms with Crippen LogP contribution in [0, 0.1) is 25.2 Å². The molecule has 1 N–H and O–H groups in total. The summed E-state index contributed by atoms with van der Waals surface area (Å²) in [6.07, 6.45) is 4.49. The van der Waals surface area contributed by atoms with Crippen LogP contribution in [0.2, 0.25) is 0 Å². The lowest BCUT2D eigenvalue weighted by Crippen LogP contribution is -2.20. The number of nitriles is 1. The molecule has 0 bridgehead atoms. The number of amides is 1. The van der Waals surface area contributed by atoms with Gasteiger partial charge in [0.05, 0.1) is 24.0 Å². The van der Waals surface area contributed by atoms with Gasteiger partial charge in [-0.15, -0.1) is 10.2 Å². The van der Waals surface area contributed by atoms with Crippen molar-refractivity contribution in [1.29, 1.82) is 5.26 Å². The average Bonchev–Trinajstić information content (AvgIpc) is 3.57. The third-order valence-electron chi connectivity index (χ3n) is 6.53. The second-order valence-electron chi connectivity index (χ2n) is 8.44. The van der Waals surface area contributed by atoms with Crippen molar-refractivity contribution in [1.82, 2.24) is 19.3 Å². The van der Waals surface area contributed by atoms with Gasteiger partial charge in [-0.25, -0.2) is 0 Å². The van der Waals surface area contributed by atoms with Crippen LogP contribution in [0.5, 0.6) is 5.75 Å². The third kappa shape index (κ3) is 4.42. The van der Waals surface area contributed by atoms with Crippen molar-refractivity contribution in [2.45, 2.75) is 64.2 Å². The maximum atomic E-state index is 13.0. The number of carbonyl (C=O) groups excluding carboxylic acids is 1. The highest BCUT2D eigenvalue weighted by Crippen LogP contribution is 2.38. The first-order valence-electron chi connectivity index (χ1n) is 11.6. The van der Waals surface area contributed by atoms with Gasteiger partial charge in [-0.1, -0.05) is 36.7 Å². The largest absolute Gasteiger partial charge is 0.496 e. The second-order valence-corrected chi connectivity index (χ2v) is 9.38. The van der Waals surface area contributed by atoms with Gasteiger partial charge in [0.25, 0.3) is 0 Å². The quantitative estimate of drug-likeness (QED) is 0.452. The minimum atomic E-state index is -0.164. The molecule has 2 aromatic heterocycles. The monoisotopic (exact) mass is 478 g/mol. The molecular weight excluding hydrogens is 448 g/mol. The summed E-state index contributed by atoms with van der Waals surface area (Å²) in [5.74, 6) is 2.06. The Morgan fingerprint density at radius 3 is 2.68 bits per heavy atom. The molecule has 1 aliphatic carbocycles. The molecule has 178 valence electrons. The van der Waals surface area contributed by atoms with Crippen molar-refractivity contribution in [3.63, 3.8) is 0 Å². The van der Waals surface area contributed by atoms with E-state index in [1.807, 2.05) is 49.6 Å². The van der Waals surface area contributed by atoms with Gasteiger partial charge in [-0.3, -0.25) is 4.79 Å². The van der Waals surface area contributed by atoms with Crippen LogP contribution in [0.3, 0.4) is 0 Å². The second kappa shape index (κ2) is 10.3. The summed E-state index contributed by atoms with van der Waals surface area (Å²) in [4.78, 5) is 13.0. The lowest BCUT2D eigenvalue weighted by molar-refractivity contribution is -0.113. The van der Waals surface area contributed by atoms with Gasteiger partial charge in [-0.2, -0.15) is 5.26 Å². The number of nitrogens with zero attached hydrogens (tertiary/aromatic N) is 5. The lowest BCUT2D eigenvalue weighted by Gasteiger charge is -2.19. The Morgan fingerprint density at radius 2 is 2.00 bits per heavy atom. The van der Waals surface area contributed by atoms with Crippen molar-refractivity contribution < 1.29 is 9.53 Å². The van der Waals surface area contributed by atoms with E-state index >= 15 is 0 Å². The smallest absolute Gasteiger partial charge is 0.235 e. The first-order chi connectivity index (χ1) is 16.5. The van der Waals surface area contributed by atoms with Gasteiger partial charge >= 0.3 is 0 Å². The molecule has 0 spiro atoms. The molecule has 3 aromatic rings. The van der Waals surface area contributed by atoms with E-state index < -0.39 is 0 Å². The normalized spacial score (nSPS) is 13.7. The van der Waals surface area contributed by atoms with Crippen molar-refractivity contribution in [3.05, 3.63) is 41.1 Å². The highest BCUT2D eigenvalue weighted by atomic mass is 32.2. The zero-order chi connectivity index (χ0) is 24.2. The standard InChI is InChI=1S/C25H30N6O2S/c1-5-30-24(19-12-8-9-13-21(19)33-4)28-29-25(30)34-15-22(32)27-23-20(14-26)16(2)17(3)31(23)18-10-6-7-11-18/h8-9,12-13,18H,5-7,10-11,15H2,1-4H3,(H,27,32). The molecule has 4 rings (SSSR count). The average molecular weight is 479 g/mol. The fourth-order valence-corrected chi connectivity index (χ4v) is 5.52. The summed E-state index contributed by atoms with van der Waals surface area (Å²) in [6.45, 7) is 6.66. The van der Waals surface area contributed by atoms with E-state index in [4.69, 9.17) is 4.74 Å². The summed E-state index contributed by atoms with van der Waals surface area (Å²) >= 11 is 1.33. The number of para-hydroxylation sites is 1. The number of hydrogen-bond acceptors (Lipinski definition) is 6. The van der Waals surface area contributed by atoms with E-state index in [2.05, 4.69) is 26.2 Å². The van der Waals surface area contributed by atoms with E-state index in [9.17, 15) is 10.1 Å². The van der Waals surface area contributed by atoms with Crippen molar-refractivity contribution in [3.8, 4) is 23.2 Å². The number of methoxy groups -OCH3 is 1. The van der Waals surface area contributed by atoms with Crippen molar-refractivity contribution in [2.24, 2.45) is 0 Å². The van der Waals surface area contributed by atoms with Crippen LogP contribution in [0.1, 0.15) is 55.5 Å². The van der Waals surface area contributed by atoms with Crippen LogP contribution in [0.15, 0.2) is 29.4 Å². The molecular formula is C25H30N6O2S. The van der Waals surface area contributed by atoms with E-state index in [0.29, 0.717) is 34.9 Å². The fourth-order valence-electron chi connectivity index (χ4n) is 4.71. The van der Waals surface area contributed by atoms with E-state index in [0.717, 1.165) is 35.4 Å². The molecule has 34 heavy (non-hydrogen) atoms. The molecule has 0 aliphatic heterocycles. The number of aromatic nitrogens is 4. The molecule has 9 heteroatoms. The highest BCUT2D eigenvalue weighted by Gasteiger charge is 2.27. The number of benzene rings is 1. The molecule has 1 aliphatic rings. The molecule has 2 heterocycles. The van der Waals surface area contributed by atoms with Gasteiger partial charge < -0.3 is 19.2 Å². The number of anilines is 1. The van der Waals surface area contributed by atoms with Crippen molar-refractivity contribution in [2.75, 3.05) is 18.2 Å². The Bertz CT molecular complexity index is 1230. The number of rotatable bonds is 8. The predicted octanol–water partition coefficient (Wildman–Crippen LogP) is 5.11. The Labute approximate surface area is 204 Å². The Balaban J connectivity index is 1.53. The highest BCUT2D eigenvalue weighted by molar-refractivity contribution is 7.99.